The van der Waals surface area contributed by atoms with E-state index in [0.29, 0.717) is 19.0 Å². The first-order valence-electron chi connectivity index (χ1n) is 6.88. The van der Waals surface area contributed by atoms with Crippen LogP contribution in [0.4, 0.5) is 4.79 Å². The van der Waals surface area contributed by atoms with Gasteiger partial charge in [0.1, 0.15) is 0 Å². The van der Waals surface area contributed by atoms with Gasteiger partial charge >= 0.3 is 6.03 Å². The largest absolute Gasteiger partial charge is 0.335 e. The fourth-order valence-corrected chi connectivity index (χ4v) is 3.36. The van der Waals surface area contributed by atoms with Gasteiger partial charge in [0.25, 0.3) is 0 Å². The Morgan fingerprint density at radius 1 is 1.32 bits per heavy atom. The minimum absolute atomic E-state index is 0.0700. The fourth-order valence-electron chi connectivity index (χ4n) is 2.56. The van der Waals surface area contributed by atoms with Gasteiger partial charge in [0, 0.05) is 25.2 Å². The Bertz CT molecular complexity index is 434. The summed E-state index contributed by atoms with van der Waals surface area (Å²) in [6.45, 7) is 3.19. The molecule has 1 aliphatic carbocycles. The lowest BCUT2D eigenvalue weighted by Crippen LogP contribution is -2.53. The normalized spacial score (nSPS) is 26.0. The summed E-state index contributed by atoms with van der Waals surface area (Å²) in [5, 5.41) is 3.00. The van der Waals surface area contributed by atoms with Crippen LogP contribution >= 0.6 is 0 Å². The molecule has 2 amide bonds. The number of carbonyl (C=O) groups excluding carboxylic acids is 1. The molecule has 1 saturated carbocycles. The molecule has 2 fully saturated rings. The number of rotatable bonds is 4. The Labute approximate surface area is 115 Å². The van der Waals surface area contributed by atoms with Crippen LogP contribution in [0.15, 0.2) is 0 Å². The van der Waals surface area contributed by atoms with Crippen molar-refractivity contribution in [1.82, 2.24) is 14.9 Å². The molecule has 6 nitrogen and oxygen atoms in total. The molecule has 2 N–H and O–H groups in total. The highest BCUT2D eigenvalue weighted by molar-refractivity contribution is 7.88. The molecular formula is C12H23N3O3S. The maximum atomic E-state index is 12.1. The number of nitrogens with one attached hydrogen (secondary N) is 2. The van der Waals surface area contributed by atoms with Gasteiger partial charge in [-0.05, 0) is 38.5 Å². The van der Waals surface area contributed by atoms with E-state index in [1.807, 2.05) is 6.92 Å². The topological polar surface area (TPSA) is 78.5 Å². The molecule has 2 atom stereocenters. The number of hydrogen-bond donors (Lipinski definition) is 2. The molecule has 7 heteroatoms. The predicted molar refractivity (Wildman–Crippen MR) is 73.3 cm³/mol. The van der Waals surface area contributed by atoms with Gasteiger partial charge < -0.3 is 10.2 Å². The van der Waals surface area contributed by atoms with Gasteiger partial charge in [-0.2, -0.15) is 0 Å². The van der Waals surface area contributed by atoms with Crippen LogP contribution in [0.3, 0.4) is 0 Å². The van der Waals surface area contributed by atoms with Crippen molar-refractivity contribution in [3.05, 3.63) is 0 Å². The van der Waals surface area contributed by atoms with Crippen molar-refractivity contribution in [1.29, 1.82) is 0 Å². The number of amides is 2. The first-order chi connectivity index (χ1) is 8.85. The standard InChI is InChI=1S/C12H23N3O3S/c1-9(10-5-6-10)13-12(16)15-7-3-4-11(8-15)14-19(2,17)18/h9-11,14H,3-8H2,1-2H3,(H,13,16). The third-order valence-electron chi connectivity index (χ3n) is 3.77. The minimum atomic E-state index is -3.21. The second-order valence-corrected chi connectivity index (χ2v) is 7.53. The molecular weight excluding hydrogens is 266 g/mol. The average molecular weight is 289 g/mol. The predicted octanol–water partition coefficient (Wildman–Crippen LogP) is 0.508. The molecule has 0 aromatic heterocycles. The Hall–Kier alpha value is -0.820. The van der Waals surface area contributed by atoms with Gasteiger partial charge in [0.2, 0.25) is 10.0 Å². The zero-order chi connectivity index (χ0) is 14.0. The molecule has 2 unspecified atom stereocenters. The summed E-state index contributed by atoms with van der Waals surface area (Å²) in [6.07, 6.45) is 5.16. The lowest BCUT2D eigenvalue weighted by atomic mass is 10.1. The summed E-state index contributed by atoms with van der Waals surface area (Å²) in [5.74, 6) is 0.624. The highest BCUT2D eigenvalue weighted by atomic mass is 32.2. The maximum Gasteiger partial charge on any atom is 0.317 e. The van der Waals surface area contributed by atoms with E-state index < -0.39 is 10.0 Å². The molecule has 2 aliphatic rings. The van der Waals surface area contributed by atoms with Gasteiger partial charge in [0.05, 0.1) is 6.26 Å². The Kier molecular flexibility index (Phi) is 4.35. The Morgan fingerprint density at radius 3 is 2.58 bits per heavy atom. The van der Waals surface area contributed by atoms with E-state index in [4.69, 9.17) is 0 Å². The molecule has 2 rings (SSSR count). The van der Waals surface area contributed by atoms with Crippen molar-refractivity contribution >= 4 is 16.1 Å². The van der Waals surface area contributed by atoms with Crippen LogP contribution in [0.1, 0.15) is 32.6 Å². The van der Waals surface area contributed by atoms with Gasteiger partial charge in [0.15, 0.2) is 0 Å². The molecule has 0 radical (unpaired) electrons. The molecule has 0 bridgehead atoms. The zero-order valence-electron chi connectivity index (χ0n) is 11.6. The molecule has 19 heavy (non-hydrogen) atoms. The Morgan fingerprint density at radius 2 is 2.00 bits per heavy atom. The van der Waals surface area contributed by atoms with Crippen molar-refractivity contribution in [2.75, 3.05) is 19.3 Å². The summed E-state index contributed by atoms with van der Waals surface area (Å²) >= 11 is 0. The first-order valence-corrected chi connectivity index (χ1v) is 8.77. The number of sulfonamides is 1. The SMILES string of the molecule is CC(NC(=O)N1CCCC(NS(C)(=O)=O)C1)C1CC1. The van der Waals surface area contributed by atoms with Gasteiger partial charge in [-0.3, -0.25) is 0 Å². The number of nitrogens with zero attached hydrogens (tertiary/aromatic N) is 1. The van der Waals surface area contributed by atoms with E-state index in [1.165, 1.54) is 12.8 Å². The van der Waals surface area contributed by atoms with Crippen molar-refractivity contribution < 1.29 is 13.2 Å². The molecule has 1 aliphatic heterocycles. The summed E-state index contributed by atoms with van der Waals surface area (Å²) in [5.41, 5.74) is 0. The average Bonchev–Trinajstić information content (AvgIpc) is 3.10. The van der Waals surface area contributed by atoms with Crippen molar-refractivity contribution in [2.45, 2.75) is 44.7 Å². The van der Waals surface area contributed by atoms with Crippen LogP contribution in [0.25, 0.3) is 0 Å². The summed E-state index contributed by atoms with van der Waals surface area (Å²) < 4.78 is 25.0. The van der Waals surface area contributed by atoms with E-state index in [-0.39, 0.29) is 18.1 Å². The number of piperidine rings is 1. The van der Waals surface area contributed by atoms with Crippen LogP contribution in [0.2, 0.25) is 0 Å². The highest BCUT2D eigenvalue weighted by Gasteiger charge is 2.31. The number of hydrogen-bond acceptors (Lipinski definition) is 3. The monoisotopic (exact) mass is 289 g/mol. The number of urea groups is 1. The molecule has 0 aromatic carbocycles. The van der Waals surface area contributed by atoms with Gasteiger partial charge in [-0.15, -0.1) is 0 Å². The molecule has 0 aromatic rings. The maximum absolute atomic E-state index is 12.1. The van der Waals surface area contributed by atoms with E-state index in [2.05, 4.69) is 10.0 Å². The van der Waals surface area contributed by atoms with Crippen molar-refractivity contribution in [3.63, 3.8) is 0 Å². The smallest absolute Gasteiger partial charge is 0.317 e. The summed E-state index contributed by atoms with van der Waals surface area (Å²) in [6, 6.07) is -0.0131. The van der Waals surface area contributed by atoms with Crippen LogP contribution in [0.5, 0.6) is 0 Å². The summed E-state index contributed by atoms with van der Waals surface area (Å²) in [7, 11) is -3.21. The second-order valence-electron chi connectivity index (χ2n) is 5.75. The van der Waals surface area contributed by atoms with Crippen LogP contribution in [-0.4, -0.2) is 50.8 Å². The quantitative estimate of drug-likeness (QED) is 0.791. The third-order valence-corrected chi connectivity index (χ3v) is 4.53. The molecule has 110 valence electrons. The second kappa shape index (κ2) is 5.66. The van der Waals surface area contributed by atoms with Crippen molar-refractivity contribution in [3.8, 4) is 0 Å². The Balaban J connectivity index is 1.84. The lowest BCUT2D eigenvalue weighted by Gasteiger charge is -2.33. The fraction of sp³-hybridized carbons (Fsp3) is 0.917. The van der Waals surface area contributed by atoms with E-state index >= 15 is 0 Å². The number of likely N-dealkylation sites (tertiary alicyclic amines) is 1. The molecule has 1 heterocycles. The van der Waals surface area contributed by atoms with E-state index in [1.54, 1.807) is 4.90 Å². The summed E-state index contributed by atoms with van der Waals surface area (Å²) in [4.78, 5) is 13.8. The van der Waals surface area contributed by atoms with Crippen LogP contribution in [-0.2, 0) is 10.0 Å². The van der Waals surface area contributed by atoms with Crippen molar-refractivity contribution in [2.24, 2.45) is 5.92 Å². The molecule has 1 saturated heterocycles. The first kappa shape index (κ1) is 14.6. The van der Waals surface area contributed by atoms with E-state index in [0.717, 1.165) is 19.1 Å². The highest BCUT2D eigenvalue weighted by Crippen LogP contribution is 2.32. The minimum Gasteiger partial charge on any atom is -0.335 e. The lowest BCUT2D eigenvalue weighted by molar-refractivity contribution is 0.173. The zero-order valence-corrected chi connectivity index (χ0v) is 12.4. The third kappa shape index (κ3) is 4.65. The van der Waals surface area contributed by atoms with Gasteiger partial charge in [-0.25, -0.2) is 17.9 Å². The van der Waals surface area contributed by atoms with E-state index in [9.17, 15) is 13.2 Å². The molecule has 0 spiro atoms. The van der Waals surface area contributed by atoms with Gasteiger partial charge in [-0.1, -0.05) is 0 Å². The van der Waals surface area contributed by atoms with Crippen LogP contribution < -0.4 is 10.0 Å². The van der Waals surface area contributed by atoms with Crippen LogP contribution in [0, 0.1) is 5.92 Å². The number of carbonyl (C=O) groups is 1.